The lowest BCUT2D eigenvalue weighted by Crippen LogP contribution is -2.49. The Morgan fingerprint density at radius 1 is 1.26 bits per heavy atom. The smallest absolute Gasteiger partial charge is 0.266 e. The van der Waals surface area contributed by atoms with Gasteiger partial charge >= 0.3 is 0 Å². The Labute approximate surface area is 207 Å². The Bertz CT molecular complexity index is 1340. The molecule has 1 saturated carbocycles. The van der Waals surface area contributed by atoms with Gasteiger partial charge in [0.15, 0.2) is 5.16 Å². The number of nitriles is 1. The standard InChI is InChI=1S/C25H25ClN4O3S/c1-16-6-9-21(33-2)20(12-16)30-23(32)18-8-7-17(26)13-19(18)28-24(30)34-14-22(31)29-25(15-27)10-4-3-5-11-25/h6-9,12-13H,3-5,10-11,14H2,1-2H3,(H,29,31). The van der Waals surface area contributed by atoms with Gasteiger partial charge in [0.1, 0.15) is 11.3 Å². The summed E-state index contributed by atoms with van der Waals surface area (Å²) in [7, 11) is 1.54. The second-order valence-corrected chi connectivity index (χ2v) is 9.84. The Morgan fingerprint density at radius 2 is 2.03 bits per heavy atom. The highest BCUT2D eigenvalue weighted by atomic mass is 35.5. The molecule has 1 aliphatic rings. The number of thioether (sulfide) groups is 1. The molecule has 0 spiro atoms. The molecule has 0 atom stereocenters. The van der Waals surface area contributed by atoms with Gasteiger partial charge in [0.25, 0.3) is 5.56 Å². The number of aryl methyl sites for hydroxylation is 1. The molecule has 1 amide bonds. The first-order valence-electron chi connectivity index (χ1n) is 11.1. The van der Waals surface area contributed by atoms with Crippen LogP contribution in [0.2, 0.25) is 5.02 Å². The summed E-state index contributed by atoms with van der Waals surface area (Å²) in [5.41, 5.74) is 0.833. The summed E-state index contributed by atoms with van der Waals surface area (Å²) in [6.45, 7) is 1.92. The Kier molecular flexibility index (Phi) is 7.15. The van der Waals surface area contributed by atoms with Crippen molar-refractivity contribution in [1.82, 2.24) is 14.9 Å². The second kappa shape index (κ2) is 10.1. The maximum atomic E-state index is 13.6. The number of benzene rings is 2. The van der Waals surface area contributed by atoms with Crippen molar-refractivity contribution in [1.29, 1.82) is 5.26 Å². The molecule has 0 bridgehead atoms. The van der Waals surface area contributed by atoms with E-state index >= 15 is 0 Å². The van der Waals surface area contributed by atoms with Crippen molar-refractivity contribution in [2.24, 2.45) is 0 Å². The number of aromatic nitrogens is 2. The third-order valence-electron chi connectivity index (χ3n) is 6.01. The summed E-state index contributed by atoms with van der Waals surface area (Å²) in [5, 5.41) is 13.8. The number of fused-ring (bicyclic) bond motifs is 1. The van der Waals surface area contributed by atoms with Gasteiger partial charge in [-0.15, -0.1) is 0 Å². The number of hydrogen-bond donors (Lipinski definition) is 1. The minimum absolute atomic E-state index is 0.00999. The summed E-state index contributed by atoms with van der Waals surface area (Å²) in [4.78, 5) is 31.1. The first kappa shape index (κ1) is 24.1. The molecule has 0 aliphatic heterocycles. The quantitative estimate of drug-likeness (QED) is 0.389. The van der Waals surface area contributed by atoms with Crippen LogP contribution in [0.5, 0.6) is 5.75 Å². The lowest BCUT2D eigenvalue weighted by atomic mass is 9.83. The minimum Gasteiger partial charge on any atom is -0.495 e. The Hall–Kier alpha value is -3.02. The van der Waals surface area contributed by atoms with Crippen molar-refractivity contribution in [2.75, 3.05) is 12.9 Å². The van der Waals surface area contributed by atoms with E-state index in [-0.39, 0.29) is 17.2 Å². The van der Waals surface area contributed by atoms with E-state index in [9.17, 15) is 14.9 Å². The fraction of sp³-hybridized carbons (Fsp3) is 0.360. The van der Waals surface area contributed by atoms with Crippen molar-refractivity contribution in [2.45, 2.75) is 49.7 Å². The van der Waals surface area contributed by atoms with Gasteiger partial charge in [0.05, 0.1) is 35.5 Å². The highest BCUT2D eigenvalue weighted by Gasteiger charge is 2.33. The first-order chi connectivity index (χ1) is 16.4. The molecule has 9 heteroatoms. The van der Waals surface area contributed by atoms with Crippen LogP contribution in [-0.4, -0.2) is 33.9 Å². The number of methoxy groups -OCH3 is 1. The predicted octanol–water partition coefficient (Wildman–Crippen LogP) is 4.79. The normalized spacial score (nSPS) is 15.0. The van der Waals surface area contributed by atoms with Crippen molar-refractivity contribution < 1.29 is 9.53 Å². The fourth-order valence-corrected chi connectivity index (χ4v) is 5.25. The molecule has 3 aromatic rings. The van der Waals surface area contributed by atoms with Gasteiger partial charge in [0.2, 0.25) is 5.91 Å². The van der Waals surface area contributed by atoms with E-state index in [2.05, 4.69) is 16.4 Å². The molecule has 34 heavy (non-hydrogen) atoms. The molecule has 1 N–H and O–H groups in total. The zero-order valence-corrected chi connectivity index (χ0v) is 20.6. The van der Waals surface area contributed by atoms with Crippen LogP contribution >= 0.6 is 23.4 Å². The summed E-state index contributed by atoms with van der Waals surface area (Å²) < 4.78 is 6.99. The summed E-state index contributed by atoms with van der Waals surface area (Å²) in [5.74, 6) is 0.257. The highest BCUT2D eigenvalue weighted by Crippen LogP contribution is 2.30. The van der Waals surface area contributed by atoms with E-state index in [1.807, 2.05) is 19.1 Å². The predicted molar refractivity (Wildman–Crippen MR) is 134 cm³/mol. The van der Waals surface area contributed by atoms with Gasteiger partial charge in [-0.1, -0.05) is 48.7 Å². The topological polar surface area (TPSA) is 97.0 Å². The van der Waals surface area contributed by atoms with E-state index in [1.165, 1.54) is 4.57 Å². The Balaban J connectivity index is 1.73. The van der Waals surface area contributed by atoms with E-state index < -0.39 is 5.54 Å². The number of rotatable bonds is 6. The van der Waals surface area contributed by atoms with E-state index in [0.717, 1.165) is 36.6 Å². The molecule has 1 aliphatic carbocycles. The van der Waals surface area contributed by atoms with Crippen molar-refractivity contribution >= 4 is 40.2 Å². The van der Waals surface area contributed by atoms with Crippen LogP contribution in [0.15, 0.2) is 46.3 Å². The largest absolute Gasteiger partial charge is 0.495 e. The lowest BCUT2D eigenvalue weighted by Gasteiger charge is -2.31. The molecule has 0 saturated heterocycles. The molecule has 1 fully saturated rings. The molecule has 1 heterocycles. The zero-order valence-electron chi connectivity index (χ0n) is 19.1. The molecular formula is C25H25ClN4O3S. The maximum Gasteiger partial charge on any atom is 0.266 e. The average molecular weight is 497 g/mol. The number of ether oxygens (including phenoxy) is 1. The van der Waals surface area contributed by atoms with Crippen LogP contribution in [-0.2, 0) is 4.79 Å². The number of hydrogen-bond acceptors (Lipinski definition) is 6. The highest BCUT2D eigenvalue weighted by molar-refractivity contribution is 7.99. The number of carbonyl (C=O) groups excluding carboxylic acids is 1. The van der Waals surface area contributed by atoms with Crippen LogP contribution in [0.4, 0.5) is 0 Å². The van der Waals surface area contributed by atoms with Crippen molar-refractivity contribution in [3.8, 4) is 17.5 Å². The molecule has 0 radical (unpaired) electrons. The molecule has 0 unspecified atom stereocenters. The monoisotopic (exact) mass is 496 g/mol. The summed E-state index contributed by atoms with van der Waals surface area (Å²) >= 11 is 7.28. The van der Waals surface area contributed by atoms with Crippen molar-refractivity contribution in [3.05, 3.63) is 57.3 Å². The molecule has 176 valence electrons. The number of carbonyl (C=O) groups is 1. The van der Waals surface area contributed by atoms with Gasteiger partial charge in [-0.3, -0.25) is 14.2 Å². The first-order valence-corrected chi connectivity index (χ1v) is 12.4. The Morgan fingerprint density at radius 3 is 2.74 bits per heavy atom. The van der Waals surface area contributed by atoms with Crippen LogP contribution in [0.25, 0.3) is 16.6 Å². The second-order valence-electron chi connectivity index (χ2n) is 8.46. The zero-order chi connectivity index (χ0) is 24.3. The summed E-state index contributed by atoms with van der Waals surface area (Å²) in [6, 6.07) is 12.8. The lowest BCUT2D eigenvalue weighted by molar-refractivity contribution is -0.120. The molecule has 1 aromatic heterocycles. The number of amides is 1. The van der Waals surface area contributed by atoms with Gasteiger partial charge in [-0.05, 0) is 55.7 Å². The minimum atomic E-state index is -0.820. The van der Waals surface area contributed by atoms with Gasteiger partial charge in [0, 0.05) is 5.02 Å². The van der Waals surface area contributed by atoms with E-state index in [4.69, 9.17) is 16.3 Å². The third-order valence-corrected chi connectivity index (χ3v) is 7.18. The SMILES string of the molecule is COc1ccc(C)cc1-n1c(SCC(=O)NC2(C#N)CCCCC2)nc2cc(Cl)ccc2c1=O. The fourth-order valence-electron chi connectivity index (χ4n) is 4.28. The molecule has 7 nitrogen and oxygen atoms in total. The molecule has 2 aromatic carbocycles. The van der Waals surface area contributed by atoms with Crippen LogP contribution < -0.4 is 15.6 Å². The van der Waals surface area contributed by atoms with Gasteiger partial charge in [-0.2, -0.15) is 5.26 Å². The van der Waals surface area contributed by atoms with Crippen LogP contribution in [0.1, 0.15) is 37.7 Å². The molecular weight excluding hydrogens is 472 g/mol. The van der Waals surface area contributed by atoms with E-state index in [0.29, 0.717) is 45.4 Å². The van der Waals surface area contributed by atoms with Crippen LogP contribution in [0.3, 0.4) is 0 Å². The number of nitrogens with zero attached hydrogens (tertiary/aromatic N) is 3. The third kappa shape index (κ3) is 4.91. The van der Waals surface area contributed by atoms with Crippen molar-refractivity contribution in [3.63, 3.8) is 0 Å². The van der Waals surface area contributed by atoms with Gasteiger partial charge in [-0.25, -0.2) is 4.98 Å². The van der Waals surface area contributed by atoms with E-state index in [1.54, 1.807) is 31.4 Å². The maximum absolute atomic E-state index is 13.6. The average Bonchev–Trinajstić information content (AvgIpc) is 2.83. The summed E-state index contributed by atoms with van der Waals surface area (Å²) in [6.07, 6.45) is 4.21. The van der Waals surface area contributed by atoms with Crippen LogP contribution in [0, 0.1) is 18.3 Å². The number of nitrogens with one attached hydrogen (secondary N) is 1. The number of halogens is 1. The molecule has 4 rings (SSSR count). The van der Waals surface area contributed by atoms with Gasteiger partial charge < -0.3 is 10.1 Å².